The molecule has 8 nitrogen and oxygen atoms in total. The van der Waals surface area contributed by atoms with Gasteiger partial charge in [-0.1, -0.05) is 0 Å². The number of ether oxygens (including phenoxy) is 3. The van der Waals surface area contributed by atoms with Crippen LogP contribution >= 0.6 is 0 Å². The maximum atomic E-state index is 12.2. The van der Waals surface area contributed by atoms with Crippen molar-refractivity contribution >= 4 is 22.0 Å². The van der Waals surface area contributed by atoms with Gasteiger partial charge in [-0.15, -0.1) is 0 Å². The van der Waals surface area contributed by atoms with Crippen molar-refractivity contribution in [1.82, 2.24) is 4.31 Å². The number of nitrogens with zero attached hydrogens (tertiary/aromatic N) is 1. The van der Waals surface area contributed by atoms with E-state index in [-0.39, 0.29) is 32.8 Å². The van der Waals surface area contributed by atoms with Crippen molar-refractivity contribution in [1.29, 1.82) is 0 Å². The topological polar surface area (TPSA) is 99.2 Å². The summed E-state index contributed by atoms with van der Waals surface area (Å²) in [6, 6.07) is -0.999. The Labute approximate surface area is 118 Å². The van der Waals surface area contributed by atoms with Crippen LogP contribution in [0.2, 0.25) is 0 Å². The first-order chi connectivity index (χ1) is 9.42. The SMILES string of the molecule is CCOC(=O)CCS(=O)(=O)N1CCOCC1C(=O)OC. The smallest absolute Gasteiger partial charge is 0.326 e. The summed E-state index contributed by atoms with van der Waals surface area (Å²) in [7, 11) is -2.57. The van der Waals surface area contributed by atoms with Crippen molar-refractivity contribution in [3.05, 3.63) is 0 Å². The zero-order chi connectivity index (χ0) is 15.2. The number of sulfonamides is 1. The van der Waals surface area contributed by atoms with E-state index in [0.717, 1.165) is 4.31 Å². The van der Waals surface area contributed by atoms with E-state index in [1.165, 1.54) is 7.11 Å². The molecule has 1 aliphatic rings. The van der Waals surface area contributed by atoms with E-state index in [4.69, 9.17) is 4.74 Å². The zero-order valence-corrected chi connectivity index (χ0v) is 12.3. The lowest BCUT2D eigenvalue weighted by Gasteiger charge is -2.32. The third kappa shape index (κ3) is 4.43. The molecule has 1 unspecified atom stereocenters. The minimum atomic E-state index is -3.75. The van der Waals surface area contributed by atoms with Crippen LogP contribution in [0.3, 0.4) is 0 Å². The summed E-state index contributed by atoms with van der Waals surface area (Å²) in [4.78, 5) is 22.8. The highest BCUT2D eigenvalue weighted by atomic mass is 32.2. The van der Waals surface area contributed by atoms with E-state index in [1.54, 1.807) is 6.92 Å². The summed E-state index contributed by atoms with van der Waals surface area (Å²) in [6.07, 6.45) is -0.249. The minimum Gasteiger partial charge on any atom is -0.468 e. The number of morpholine rings is 1. The van der Waals surface area contributed by atoms with E-state index in [0.29, 0.717) is 0 Å². The van der Waals surface area contributed by atoms with Gasteiger partial charge in [0, 0.05) is 6.54 Å². The van der Waals surface area contributed by atoms with Gasteiger partial charge in [0.25, 0.3) is 0 Å². The third-order valence-electron chi connectivity index (χ3n) is 2.78. The van der Waals surface area contributed by atoms with Crippen molar-refractivity contribution in [2.45, 2.75) is 19.4 Å². The molecule has 0 N–H and O–H groups in total. The monoisotopic (exact) mass is 309 g/mol. The van der Waals surface area contributed by atoms with Crippen LogP contribution < -0.4 is 0 Å². The lowest BCUT2D eigenvalue weighted by molar-refractivity contribution is -0.149. The fourth-order valence-corrected chi connectivity index (χ4v) is 3.35. The molecule has 1 fully saturated rings. The fourth-order valence-electron chi connectivity index (χ4n) is 1.81. The molecule has 20 heavy (non-hydrogen) atoms. The Kier molecular flexibility index (Phi) is 6.37. The second-order valence-electron chi connectivity index (χ2n) is 4.10. The number of esters is 2. The standard InChI is InChI=1S/C11H19NO7S/c1-3-19-10(13)4-7-20(15,16)12-5-6-18-8-9(12)11(14)17-2/h9H,3-8H2,1-2H3. The number of methoxy groups -OCH3 is 1. The largest absolute Gasteiger partial charge is 0.468 e. The minimum absolute atomic E-state index is 0.0503. The van der Waals surface area contributed by atoms with Crippen LogP contribution in [0.1, 0.15) is 13.3 Å². The Morgan fingerprint density at radius 2 is 2.10 bits per heavy atom. The van der Waals surface area contributed by atoms with Crippen molar-refractivity contribution in [2.24, 2.45) is 0 Å². The van der Waals surface area contributed by atoms with Gasteiger partial charge in [0.15, 0.2) is 0 Å². The van der Waals surface area contributed by atoms with Crippen LogP contribution in [-0.4, -0.2) is 69.9 Å². The Morgan fingerprint density at radius 3 is 2.70 bits per heavy atom. The highest BCUT2D eigenvalue weighted by Gasteiger charge is 2.38. The quantitative estimate of drug-likeness (QED) is 0.589. The molecule has 1 aliphatic heterocycles. The maximum absolute atomic E-state index is 12.2. The lowest BCUT2D eigenvalue weighted by Crippen LogP contribution is -2.53. The zero-order valence-electron chi connectivity index (χ0n) is 11.5. The fraction of sp³-hybridized carbons (Fsp3) is 0.818. The van der Waals surface area contributed by atoms with Gasteiger partial charge in [-0.2, -0.15) is 4.31 Å². The van der Waals surface area contributed by atoms with E-state index in [1.807, 2.05) is 0 Å². The van der Waals surface area contributed by atoms with Gasteiger partial charge in [0.05, 0.1) is 39.1 Å². The first-order valence-corrected chi connectivity index (χ1v) is 7.84. The number of hydrogen-bond acceptors (Lipinski definition) is 7. The Morgan fingerprint density at radius 1 is 1.40 bits per heavy atom. The summed E-state index contributed by atoms with van der Waals surface area (Å²) >= 11 is 0. The van der Waals surface area contributed by atoms with E-state index < -0.39 is 33.8 Å². The lowest BCUT2D eigenvalue weighted by atomic mass is 10.3. The van der Waals surface area contributed by atoms with Crippen LogP contribution in [-0.2, 0) is 33.8 Å². The van der Waals surface area contributed by atoms with Gasteiger partial charge < -0.3 is 14.2 Å². The van der Waals surface area contributed by atoms with E-state index >= 15 is 0 Å². The van der Waals surface area contributed by atoms with E-state index in [9.17, 15) is 18.0 Å². The molecular weight excluding hydrogens is 290 g/mol. The summed E-state index contributed by atoms with van der Waals surface area (Å²) in [5, 5.41) is 0. The Bertz CT molecular complexity index is 448. The van der Waals surface area contributed by atoms with Crippen molar-refractivity contribution in [2.75, 3.05) is 39.2 Å². The molecule has 0 amide bonds. The normalized spacial score (nSPS) is 20.4. The van der Waals surface area contributed by atoms with Crippen molar-refractivity contribution < 1.29 is 32.2 Å². The number of carbonyl (C=O) groups excluding carboxylic acids is 2. The van der Waals surface area contributed by atoms with Gasteiger partial charge in [-0.3, -0.25) is 9.59 Å². The van der Waals surface area contributed by atoms with Crippen LogP contribution in [0, 0.1) is 0 Å². The van der Waals surface area contributed by atoms with Gasteiger partial charge in [-0.25, -0.2) is 8.42 Å². The second-order valence-corrected chi connectivity index (χ2v) is 6.14. The summed E-state index contributed by atoms with van der Waals surface area (Å²) in [5.74, 6) is -1.66. The predicted molar refractivity (Wildman–Crippen MR) is 68.4 cm³/mol. The highest BCUT2D eigenvalue weighted by molar-refractivity contribution is 7.89. The van der Waals surface area contributed by atoms with Crippen LogP contribution in [0.25, 0.3) is 0 Å². The molecule has 0 bridgehead atoms. The van der Waals surface area contributed by atoms with Gasteiger partial charge in [0.2, 0.25) is 10.0 Å². The molecular formula is C11H19NO7S. The van der Waals surface area contributed by atoms with Crippen molar-refractivity contribution in [3.8, 4) is 0 Å². The Balaban J connectivity index is 2.72. The molecule has 1 atom stereocenters. The van der Waals surface area contributed by atoms with Gasteiger partial charge in [0.1, 0.15) is 6.04 Å². The molecule has 0 aliphatic carbocycles. The molecule has 9 heteroatoms. The molecule has 0 aromatic heterocycles. The molecule has 1 rings (SSSR count). The molecule has 1 saturated heterocycles. The molecule has 0 radical (unpaired) electrons. The molecule has 0 aromatic rings. The molecule has 0 saturated carbocycles. The molecule has 116 valence electrons. The van der Waals surface area contributed by atoms with Crippen molar-refractivity contribution in [3.63, 3.8) is 0 Å². The maximum Gasteiger partial charge on any atom is 0.326 e. The van der Waals surface area contributed by atoms with Gasteiger partial charge in [-0.05, 0) is 6.92 Å². The number of rotatable bonds is 6. The molecule has 0 aromatic carbocycles. The average molecular weight is 309 g/mol. The molecule has 0 spiro atoms. The third-order valence-corrected chi connectivity index (χ3v) is 4.65. The predicted octanol–water partition coefficient (Wildman–Crippen LogP) is -0.857. The first-order valence-electron chi connectivity index (χ1n) is 6.23. The van der Waals surface area contributed by atoms with Crippen LogP contribution in [0.4, 0.5) is 0 Å². The van der Waals surface area contributed by atoms with Gasteiger partial charge >= 0.3 is 11.9 Å². The summed E-state index contributed by atoms with van der Waals surface area (Å²) < 4.78 is 39.7. The van der Waals surface area contributed by atoms with Crippen LogP contribution in [0.5, 0.6) is 0 Å². The summed E-state index contributed by atoms with van der Waals surface area (Å²) in [6.45, 7) is 2.05. The number of carbonyl (C=O) groups is 2. The first kappa shape index (κ1) is 16.9. The van der Waals surface area contributed by atoms with Crippen LogP contribution in [0.15, 0.2) is 0 Å². The molecule has 1 heterocycles. The second kappa shape index (κ2) is 7.55. The number of hydrogen-bond donors (Lipinski definition) is 0. The highest BCUT2D eigenvalue weighted by Crippen LogP contribution is 2.15. The average Bonchev–Trinajstić information content (AvgIpc) is 2.45. The summed E-state index contributed by atoms with van der Waals surface area (Å²) in [5.41, 5.74) is 0. The Hall–Kier alpha value is -1.19. The van der Waals surface area contributed by atoms with E-state index in [2.05, 4.69) is 9.47 Å².